The molecule has 118 valence electrons. The van der Waals surface area contributed by atoms with Crippen molar-refractivity contribution in [2.24, 2.45) is 10.8 Å². The van der Waals surface area contributed by atoms with Crippen LogP contribution < -0.4 is 16.1 Å². The van der Waals surface area contributed by atoms with Crippen LogP contribution in [0.3, 0.4) is 0 Å². The van der Waals surface area contributed by atoms with Crippen LogP contribution in [0.15, 0.2) is 34.8 Å². The fourth-order valence-electron chi connectivity index (χ4n) is 4.16. The smallest absolute Gasteiger partial charge is 0.248 e. The highest BCUT2D eigenvalue weighted by molar-refractivity contribution is 5.71. The fourth-order valence-corrected chi connectivity index (χ4v) is 4.16. The number of ether oxygens (including phenoxy) is 1. The van der Waals surface area contributed by atoms with Gasteiger partial charge in [-0.25, -0.2) is 0 Å². The van der Waals surface area contributed by atoms with Crippen LogP contribution >= 0.6 is 0 Å². The molecule has 1 fully saturated rings. The molecule has 2 aliphatic rings. The van der Waals surface area contributed by atoms with Crippen LogP contribution in [-0.2, 0) is 4.74 Å². The molecule has 23 heavy (non-hydrogen) atoms. The molecule has 4 nitrogen and oxygen atoms in total. The van der Waals surface area contributed by atoms with Gasteiger partial charge in [-0.05, 0) is 12.5 Å². The zero-order valence-electron chi connectivity index (χ0n) is 13.9. The zero-order valence-corrected chi connectivity index (χ0v) is 13.9. The summed E-state index contributed by atoms with van der Waals surface area (Å²) in [4.78, 5) is 14.4. The first-order chi connectivity index (χ1) is 10.7. The molecular weight excluding hydrogens is 288 g/mol. The van der Waals surface area contributed by atoms with Crippen LogP contribution in [0.1, 0.15) is 34.1 Å². The summed E-state index contributed by atoms with van der Waals surface area (Å²) in [7, 11) is 0. The number of hydrogen-bond acceptors (Lipinski definition) is 3. The van der Waals surface area contributed by atoms with E-state index in [1.807, 2.05) is 0 Å². The number of rotatable bonds is 2. The normalized spacial score (nSPS) is 21.2. The van der Waals surface area contributed by atoms with E-state index in [9.17, 15) is 10.1 Å². The summed E-state index contributed by atoms with van der Waals surface area (Å²) < 4.78 is 6.33. The van der Waals surface area contributed by atoms with E-state index < -0.39 is 0 Å². The molecule has 0 aromatic carbocycles. The Hall–Kier alpha value is -2.50. The third kappa shape index (κ3) is 2.54. The van der Waals surface area contributed by atoms with Crippen molar-refractivity contribution in [3.05, 3.63) is 50.9 Å². The Kier molecular flexibility index (Phi) is 3.35. The number of nitrogens with zero attached hydrogens (tertiary/aromatic N) is 1. The van der Waals surface area contributed by atoms with Crippen LogP contribution in [-0.4, -0.2) is 11.1 Å². The van der Waals surface area contributed by atoms with E-state index >= 15 is 0 Å². The Labute approximate surface area is 135 Å². The summed E-state index contributed by atoms with van der Waals surface area (Å²) >= 11 is 0. The molecule has 0 spiro atoms. The number of fused-ring (bicyclic) bond motifs is 1. The molecule has 1 heterocycles. The molecule has 0 amide bonds. The molecule has 1 N–H and O–H groups in total. The quantitative estimate of drug-likeness (QED) is 0.846. The third-order valence-electron chi connectivity index (χ3n) is 4.59. The SMILES string of the molecule is CC1(C)CC(C)(C)C1OC1=c2ccc(=O)[nH]c2=C(C#N)C=C=C1. The van der Waals surface area contributed by atoms with E-state index in [1.165, 1.54) is 6.07 Å². The van der Waals surface area contributed by atoms with Gasteiger partial charge >= 0.3 is 0 Å². The van der Waals surface area contributed by atoms with Crippen molar-refractivity contribution in [2.75, 3.05) is 0 Å². The first-order valence-corrected chi connectivity index (χ1v) is 7.72. The van der Waals surface area contributed by atoms with E-state index in [1.54, 1.807) is 18.2 Å². The number of hydrogen-bond donors (Lipinski definition) is 1. The number of nitrogens with one attached hydrogen (secondary N) is 1. The van der Waals surface area contributed by atoms with Gasteiger partial charge in [0.25, 0.3) is 0 Å². The predicted octanol–water partition coefficient (Wildman–Crippen LogP) is 1.72. The molecule has 0 unspecified atom stereocenters. The number of pyridine rings is 1. The Morgan fingerprint density at radius 2 is 1.96 bits per heavy atom. The van der Waals surface area contributed by atoms with Crippen molar-refractivity contribution in [3.63, 3.8) is 0 Å². The molecule has 1 aromatic heterocycles. The monoisotopic (exact) mass is 308 g/mol. The van der Waals surface area contributed by atoms with Crippen LogP contribution in [0.4, 0.5) is 0 Å². The summed E-state index contributed by atoms with van der Waals surface area (Å²) in [5.41, 5.74) is 3.29. The van der Waals surface area contributed by atoms with Gasteiger partial charge in [0.2, 0.25) is 5.56 Å². The topological polar surface area (TPSA) is 65.9 Å². The second kappa shape index (κ2) is 5.01. The Morgan fingerprint density at radius 1 is 1.26 bits per heavy atom. The van der Waals surface area contributed by atoms with Crippen molar-refractivity contribution < 1.29 is 4.74 Å². The minimum absolute atomic E-state index is 0.0615. The number of aromatic nitrogens is 1. The van der Waals surface area contributed by atoms with Crippen LogP contribution in [0, 0.1) is 22.2 Å². The Balaban J connectivity index is 2.21. The minimum Gasteiger partial charge on any atom is -0.488 e. The summed E-state index contributed by atoms with van der Waals surface area (Å²) in [5.74, 6) is 0.642. The van der Waals surface area contributed by atoms with E-state index in [4.69, 9.17) is 4.74 Å². The van der Waals surface area contributed by atoms with Gasteiger partial charge in [-0.15, -0.1) is 5.73 Å². The summed E-state index contributed by atoms with van der Waals surface area (Å²) in [6.45, 7) is 8.78. The maximum absolute atomic E-state index is 11.6. The molecule has 3 rings (SSSR count). The molecule has 0 saturated heterocycles. The van der Waals surface area contributed by atoms with Gasteiger partial charge < -0.3 is 9.72 Å². The van der Waals surface area contributed by atoms with Gasteiger partial charge in [0.1, 0.15) is 17.9 Å². The van der Waals surface area contributed by atoms with Crippen LogP contribution in [0.2, 0.25) is 0 Å². The Bertz CT molecular complexity index is 934. The summed E-state index contributed by atoms with van der Waals surface area (Å²) in [5, 5.41) is 10.5. The molecule has 4 heteroatoms. The molecule has 0 radical (unpaired) electrons. The second-order valence-corrected chi connectivity index (χ2v) is 7.61. The zero-order chi connectivity index (χ0) is 16.8. The number of nitriles is 1. The molecular formula is C19H20N2O2. The maximum atomic E-state index is 11.6. The molecule has 0 bridgehead atoms. The standard InChI is InChI=1S/C19H20N2O2/c1-18(2)11-19(3,4)17(18)23-14-7-5-6-12(10-20)16-13(14)8-9-15(22)21-16/h6-9,17H,11H2,1-4H3,(H,21,22). The minimum atomic E-state index is -0.240. The highest BCUT2D eigenvalue weighted by atomic mass is 16.5. The fraction of sp³-hybridized carbons (Fsp3) is 0.421. The van der Waals surface area contributed by atoms with Gasteiger partial charge in [0.05, 0.1) is 10.9 Å². The van der Waals surface area contributed by atoms with Crippen molar-refractivity contribution in [1.29, 1.82) is 5.26 Å². The second-order valence-electron chi connectivity index (χ2n) is 7.61. The number of H-pyrrole nitrogens is 1. The lowest BCUT2D eigenvalue weighted by Crippen LogP contribution is -2.56. The first kappa shape index (κ1) is 15.4. The molecule has 0 atom stereocenters. The highest BCUT2D eigenvalue weighted by Crippen LogP contribution is 2.56. The summed E-state index contributed by atoms with van der Waals surface area (Å²) in [6.07, 6.45) is 4.46. The first-order valence-electron chi connectivity index (χ1n) is 7.72. The van der Waals surface area contributed by atoms with Gasteiger partial charge in [0, 0.05) is 34.3 Å². The van der Waals surface area contributed by atoms with Crippen molar-refractivity contribution in [2.45, 2.75) is 40.2 Å². The van der Waals surface area contributed by atoms with Crippen LogP contribution in [0.25, 0.3) is 11.3 Å². The predicted molar refractivity (Wildman–Crippen MR) is 88.4 cm³/mol. The van der Waals surface area contributed by atoms with Crippen molar-refractivity contribution in [3.8, 4) is 6.07 Å². The molecule has 2 aliphatic carbocycles. The lowest BCUT2D eigenvalue weighted by Gasteiger charge is -2.56. The lowest BCUT2D eigenvalue weighted by molar-refractivity contribution is -0.147. The largest absolute Gasteiger partial charge is 0.488 e. The van der Waals surface area contributed by atoms with Crippen LogP contribution in [0.5, 0.6) is 0 Å². The van der Waals surface area contributed by atoms with Gasteiger partial charge in [-0.1, -0.05) is 27.7 Å². The average Bonchev–Trinajstić information content (AvgIpc) is 2.62. The maximum Gasteiger partial charge on any atom is 0.248 e. The van der Waals surface area contributed by atoms with E-state index in [0.29, 0.717) is 16.7 Å². The van der Waals surface area contributed by atoms with Gasteiger partial charge in [-0.2, -0.15) is 5.26 Å². The highest BCUT2D eigenvalue weighted by Gasteiger charge is 2.55. The average molecular weight is 308 g/mol. The van der Waals surface area contributed by atoms with E-state index in [-0.39, 0.29) is 22.5 Å². The van der Waals surface area contributed by atoms with Crippen molar-refractivity contribution >= 4 is 11.3 Å². The van der Waals surface area contributed by atoms with E-state index in [0.717, 1.165) is 11.6 Å². The Morgan fingerprint density at radius 3 is 2.57 bits per heavy atom. The lowest BCUT2D eigenvalue weighted by atomic mass is 9.53. The molecule has 1 aromatic rings. The van der Waals surface area contributed by atoms with E-state index in [2.05, 4.69) is 44.5 Å². The van der Waals surface area contributed by atoms with Crippen molar-refractivity contribution in [1.82, 2.24) is 4.98 Å². The third-order valence-corrected chi connectivity index (χ3v) is 4.59. The van der Waals surface area contributed by atoms with Gasteiger partial charge in [-0.3, -0.25) is 4.79 Å². The van der Waals surface area contributed by atoms with Gasteiger partial charge in [0.15, 0.2) is 0 Å². The number of aromatic amines is 1. The molecule has 0 aliphatic heterocycles. The summed E-state index contributed by atoms with van der Waals surface area (Å²) in [6, 6.07) is 5.26. The molecule has 1 saturated carbocycles.